The van der Waals surface area contributed by atoms with Crippen LogP contribution in [-0.2, 0) is 9.59 Å². The van der Waals surface area contributed by atoms with Crippen molar-refractivity contribution in [2.75, 3.05) is 5.73 Å². The lowest BCUT2D eigenvalue weighted by Crippen LogP contribution is -2.53. The summed E-state index contributed by atoms with van der Waals surface area (Å²) >= 11 is 0. The smallest absolute Gasteiger partial charge is 0.255 e. The minimum absolute atomic E-state index is 0.142. The molecule has 2 aliphatic rings. The molecular formula is C21H21FN4O3. The third-order valence-corrected chi connectivity index (χ3v) is 5.87. The van der Waals surface area contributed by atoms with E-state index in [1.807, 2.05) is 13.8 Å². The van der Waals surface area contributed by atoms with Gasteiger partial charge in [-0.15, -0.1) is 0 Å². The van der Waals surface area contributed by atoms with E-state index in [1.165, 1.54) is 11.0 Å². The first-order chi connectivity index (χ1) is 13.7. The fraction of sp³-hybridized carbons (Fsp3) is 0.333. The van der Waals surface area contributed by atoms with E-state index < -0.39 is 29.7 Å². The number of nitrogen functional groups attached to an aromatic ring is 1. The summed E-state index contributed by atoms with van der Waals surface area (Å²) in [6, 6.07) is 3.39. The summed E-state index contributed by atoms with van der Waals surface area (Å²) in [7, 11) is 0. The highest BCUT2D eigenvalue weighted by molar-refractivity contribution is 6.06. The van der Waals surface area contributed by atoms with Crippen LogP contribution >= 0.6 is 0 Å². The van der Waals surface area contributed by atoms with Gasteiger partial charge in [0.2, 0.25) is 11.8 Å². The fourth-order valence-electron chi connectivity index (χ4n) is 4.10. The largest absolute Gasteiger partial charge is 0.383 e. The molecule has 2 aromatic rings. The molecule has 3 amide bonds. The highest BCUT2D eigenvalue weighted by Crippen LogP contribution is 2.41. The molecule has 1 aromatic heterocycles. The van der Waals surface area contributed by atoms with Crippen LogP contribution in [0.3, 0.4) is 0 Å². The summed E-state index contributed by atoms with van der Waals surface area (Å²) in [5.74, 6) is -1.53. The van der Waals surface area contributed by atoms with Crippen LogP contribution in [0.2, 0.25) is 0 Å². The number of halogens is 1. The van der Waals surface area contributed by atoms with Gasteiger partial charge >= 0.3 is 0 Å². The zero-order valence-electron chi connectivity index (χ0n) is 16.4. The number of hydrogen-bond acceptors (Lipinski definition) is 5. The van der Waals surface area contributed by atoms with Gasteiger partial charge in [0, 0.05) is 23.1 Å². The van der Waals surface area contributed by atoms with Gasteiger partial charge in [-0.3, -0.25) is 19.7 Å². The van der Waals surface area contributed by atoms with Crippen LogP contribution in [0.4, 0.5) is 10.2 Å². The van der Waals surface area contributed by atoms with Crippen LogP contribution in [0.15, 0.2) is 18.2 Å². The number of aromatic nitrogens is 1. The molecular weight excluding hydrogens is 375 g/mol. The van der Waals surface area contributed by atoms with E-state index in [2.05, 4.69) is 10.3 Å². The molecule has 0 bridgehead atoms. The third-order valence-electron chi connectivity index (χ3n) is 5.87. The number of hydrogen-bond donors (Lipinski definition) is 2. The minimum Gasteiger partial charge on any atom is -0.383 e. The van der Waals surface area contributed by atoms with Crippen molar-refractivity contribution in [3.63, 3.8) is 0 Å². The first kappa shape index (κ1) is 19.0. The lowest BCUT2D eigenvalue weighted by Gasteiger charge is -2.32. The second-order valence-electron chi connectivity index (χ2n) is 7.58. The summed E-state index contributed by atoms with van der Waals surface area (Å²) in [6.07, 6.45) is 0.362. The molecule has 8 heteroatoms. The first-order valence-corrected chi connectivity index (χ1v) is 9.43. The first-order valence-electron chi connectivity index (χ1n) is 9.43. The van der Waals surface area contributed by atoms with Crippen molar-refractivity contribution >= 4 is 23.5 Å². The summed E-state index contributed by atoms with van der Waals surface area (Å²) < 4.78 is 15.5. The van der Waals surface area contributed by atoms with Crippen molar-refractivity contribution in [3.05, 3.63) is 46.3 Å². The number of nitrogens with one attached hydrogen (secondary N) is 1. The van der Waals surface area contributed by atoms with Crippen LogP contribution in [0.25, 0.3) is 11.3 Å². The maximum Gasteiger partial charge on any atom is 0.255 e. The number of piperidine rings is 1. The number of pyridine rings is 1. The van der Waals surface area contributed by atoms with Gasteiger partial charge in [0.1, 0.15) is 17.7 Å². The molecule has 0 aliphatic carbocycles. The number of aryl methyl sites for hydroxylation is 1. The molecule has 0 radical (unpaired) electrons. The second-order valence-corrected chi connectivity index (χ2v) is 7.58. The molecule has 0 saturated carbocycles. The molecule has 2 aliphatic heterocycles. The summed E-state index contributed by atoms with van der Waals surface area (Å²) in [4.78, 5) is 42.3. The Balaban J connectivity index is 1.77. The average molecular weight is 396 g/mol. The van der Waals surface area contributed by atoms with E-state index in [1.54, 1.807) is 19.1 Å². The van der Waals surface area contributed by atoms with Crippen LogP contribution in [0, 0.1) is 19.7 Å². The standard InChI is InChI=1S/C21H21FN4O3/c1-9-8-14(24-19(23)10(9)2)12-4-5-13-17(18(12)22)11(3)26(21(13)29)15-6-7-16(27)25-20(15)28/h4-5,8,11,15H,6-7H2,1-3H3,(H2,23,24)(H,25,27,28)/t11-,15?/m0/s1. The van der Waals surface area contributed by atoms with Gasteiger partial charge in [0.25, 0.3) is 5.91 Å². The molecule has 150 valence electrons. The second kappa shape index (κ2) is 6.65. The lowest BCUT2D eigenvalue weighted by atomic mass is 9.97. The van der Waals surface area contributed by atoms with Crippen molar-refractivity contribution in [1.82, 2.24) is 15.2 Å². The number of rotatable bonds is 2. The van der Waals surface area contributed by atoms with Gasteiger partial charge in [-0.2, -0.15) is 0 Å². The Morgan fingerprint density at radius 2 is 1.90 bits per heavy atom. The Morgan fingerprint density at radius 1 is 1.21 bits per heavy atom. The van der Waals surface area contributed by atoms with Crippen molar-refractivity contribution < 1.29 is 18.8 Å². The number of benzene rings is 1. The van der Waals surface area contributed by atoms with E-state index in [4.69, 9.17) is 5.73 Å². The zero-order valence-corrected chi connectivity index (χ0v) is 16.4. The van der Waals surface area contributed by atoms with E-state index in [0.29, 0.717) is 11.5 Å². The molecule has 2 atom stereocenters. The van der Waals surface area contributed by atoms with Gasteiger partial charge in [-0.05, 0) is 56.5 Å². The number of carbonyl (C=O) groups excluding carboxylic acids is 3. The normalized spacial score (nSPS) is 21.4. The molecule has 1 aromatic carbocycles. The van der Waals surface area contributed by atoms with Crippen LogP contribution in [0.1, 0.15) is 52.9 Å². The number of anilines is 1. The minimum atomic E-state index is -0.805. The topological polar surface area (TPSA) is 105 Å². The average Bonchev–Trinajstić information content (AvgIpc) is 2.91. The Morgan fingerprint density at radius 3 is 2.55 bits per heavy atom. The molecule has 1 saturated heterocycles. The lowest BCUT2D eigenvalue weighted by molar-refractivity contribution is -0.137. The van der Waals surface area contributed by atoms with E-state index in [0.717, 1.165) is 11.1 Å². The van der Waals surface area contributed by atoms with E-state index >= 15 is 4.39 Å². The number of carbonyl (C=O) groups is 3. The van der Waals surface area contributed by atoms with Gasteiger partial charge in [-0.25, -0.2) is 9.37 Å². The van der Waals surface area contributed by atoms with Gasteiger partial charge in [0.15, 0.2) is 0 Å². The van der Waals surface area contributed by atoms with Crippen LogP contribution in [0.5, 0.6) is 0 Å². The summed E-state index contributed by atoms with van der Waals surface area (Å²) in [6.45, 7) is 5.40. The van der Waals surface area contributed by atoms with Crippen molar-refractivity contribution in [1.29, 1.82) is 0 Å². The number of nitrogens with zero attached hydrogens (tertiary/aromatic N) is 2. The Kier molecular flexibility index (Phi) is 4.37. The van der Waals surface area contributed by atoms with Crippen LogP contribution in [-0.4, -0.2) is 33.6 Å². The number of nitrogens with two attached hydrogens (primary N) is 1. The third kappa shape index (κ3) is 2.86. The molecule has 3 N–H and O–H groups in total. The highest BCUT2D eigenvalue weighted by Gasteiger charge is 2.44. The predicted octanol–water partition coefficient (Wildman–Crippen LogP) is 2.41. The van der Waals surface area contributed by atoms with Crippen LogP contribution < -0.4 is 11.1 Å². The maximum atomic E-state index is 15.5. The molecule has 0 spiro atoms. The van der Waals surface area contributed by atoms with E-state index in [-0.39, 0.29) is 35.4 Å². The maximum absolute atomic E-state index is 15.5. The molecule has 4 rings (SSSR count). The zero-order chi connectivity index (χ0) is 21.0. The SMILES string of the molecule is Cc1cc(-c2ccc3c(c2F)[C@H](C)N(C2CCC(=O)NC2=O)C3=O)nc(N)c1C. The Bertz CT molecular complexity index is 1060. The summed E-state index contributed by atoms with van der Waals surface area (Å²) in [5.41, 5.74) is 8.78. The Hall–Kier alpha value is -3.29. The molecule has 1 fully saturated rings. The van der Waals surface area contributed by atoms with Gasteiger partial charge in [-0.1, -0.05) is 0 Å². The predicted molar refractivity (Wildman–Crippen MR) is 104 cm³/mol. The molecule has 29 heavy (non-hydrogen) atoms. The van der Waals surface area contributed by atoms with Gasteiger partial charge in [0.05, 0.1) is 11.7 Å². The molecule has 3 heterocycles. The highest BCUT2D eigenvalue weighted by atomic mass is 19.1. The van der Waals surface area contributed by atoms with Crippen molar-refractivity contribution in [3.8, 4) is 11.3 Å². The summed E-state index contributed by atoms with van der Waals surface area (Å²) in [5, 5.41) is 2.25. The number of amides is 3. The quantitative estimate of drug-likeness (QED) is 0.759. The fourth-order valence-corrected chi connectivity index (χ4v) is 4.10. The number of fused-ring (bicyclic) bond motifs is 1. The van der Waals surface area contributed by atoms with Gasteiger partial charge < -0.3 is 10.6 Å². The van der Waals surface area contributed by atoms with E-state index in [9.17, 15) is 14.4 Å². The molecule has 7 nitrogen and oxygen atoms in total. The molecule has 1 unspecified atom stereocenters. The van der Waals surface area contributed by atoms with Crippen molar-refractivity contribution in [2.24, 2.45) is 0 Å². The van der Waals surface area contributed by atoms with Crippen molar-refractivity contribution in [2.45, 2.75) is 45.7 Å². The number of imide groups is 1. The monoisotopic (exact) mass is 396 g/mol. The Labute approximate surface area is 167 Å².